The highest BCUT2D eigenvalue weighted by Gasteiger charge is 2.03. The summed E-state index contributed by atoms with van der Waals surface area (Å²) in [6.45, 7) is 0. The van der Waals surface area contributed by atoms with E-state index in [0.717, 1.165) is 10.2 Å². The van der Waals surface area contributed by atoms with Crippen molar-refractivity contribution in [3.05, 3.63) is 40.1 Å². The van der Waals surface area contributed by atoms with E-state index in [2.05, 4.69) is 26.1 Å². The van der Waals surface area contributed by atoms with Gasteiger partial charge in [0.15, 0.2) is 0 Å². The summed E-state index contributed by atoms with van der Waals surface area (Å²) in [6.07, 6.45) is 3.25. The summed E-state index contributed by atoms with van der Waals surface area (Å²) in [5, 5.41) is 8.70. The Balaban J connectivity index is 2.53. The van der Waals surface area contributed by atoms with Gasteiger partial charge in [-0.1, -0.05) is 11.6 Å². The molecule has 1 aromatic carbocycles. The molecule has 0 radical (unpaired) electrons. The van der Waals surface area contributed by atoms with Crippen molar-refractivity contribution in [2.45, 2.75) is 0 Å². The van der Waals surface area contributed by atoms with E-state index in [1.54, 1.807) is 24.5 Å². The van der Waals surface area contributed by atoms with Gasteiger partial charge in [0.2, 0.25) is 0 Å². The van der Waals surface area contributed by atoms with Gasteiger partial charge in [-0.15, -0.1) is 0 Å². The molecular formula is C8H5BrClN3. The average molecular weight is 259 g/mol. The third-order valence-corrected chi connectivity index (χ3v) is 2.41. The van der Waals surface area contributed by atoms with Crippen molar-refractivity contribution in [1.29, 1.82) is 0 Å². The van der Waals surface area contributed by atoms with E-state index in [-0.39, 0.29) is 0 Å². The molecule has 3 nitrogen and oxygen atoms in total. The lowest BCUT2D eigenvalue weighted by atomic mass is 10.3. The van der Waals surface area contributed by atoms with Crippen LogP contribution in [0.25, 0.3) is 5.69 Å². The van der Waals surface area contributed by atoms with E-state index in [9.17, 15) is 0 Å². The van der Waals surface area contributed by atoms with Gasteiger partial charge in [0.25, 0.3) is 0 Å². The molecule has 0 unspecified atom stereocenters. The molecule has 13 heavy (non-hydrogen) atoms. The largest absolute Gasteiger partial charge is 0.157 e. The summed E-state index contributed by atoms with van der Waals surface area (Å²) >= 11 is 9.18. The quantitative estimate of drug-likeness (QED) is 0.787. The van der Waals surface area contributed by atoms with Crippen molar-refractivity contribution in [3.63, 3.8) is 0 Å². The monoisotopic (exact) mass is 257 g/mol. The van der Waals surface area contributed by atoms with Crippen LogP contribution in [-0.4, -0.2) is 15.0 Å². The second-order valence-corrected chi connectivity index (χ2v) is 3.71. The van der Waals surface area contributed by atoms with Gasteiger partial charge in [-0.3, -0.25) is 0 Å². The van der Waals surface area contributed by atoms with Crippen LogP contribution in [0, 0.1) is 0 Å². The van der Waals surface area contributed by atoms with Gasteiger partial charge in [0, 0.05) is 9.50 Å². The Kier molecular flexibility index (Phi) is 2.33. The fourth-order valence-corrected chi connectivity index (χ4v) is 1.82. The van der Waals surface area contributed by atoms with Crippen LogP contribution in [0.15, 0.2) is 35.1 Å². The van der Waals surface area contributed by atoms with Crippen LogP contribution in [0.5, 0.6) is 0 Å². The Hall–Kier alpha value is -0.870. The van der Waals surface area contributed by atoms with E-state index >= 15 is 0 Å². The molecule has 0 saturated carbocycles. The number of halogens is 2. The van der Waals surface area contributed by atoms with Crippen LogP contribution < -0.4 is 0 Å². The van der Waals surface area contributed by atoms with Crippen LogP contribution in [0.4, 0.5) is 0 Å². The Morgan fingerprint density at radius 3 is 2.54 bits per heavy atom. The second-order valence-electron chi connectivity index (χ2n) is 2.41. The average Bonchev–Trinajstić information content (AvgIpc) is 2.56. The van der Waals surface area contributed by atoms with Crippen molar-refractivity contribution >= 4 is 27.5 Å². The number of hydrogen-bond donors (Lipinski definition) is 0. The normalized spacial score (nSPS) is 10.3. The molecule has 0 amide bonds. The predicted molar refractivity (Wildman–Crippen MR) is 54.1 cm³/mol. The van der Waals surface area contributed by atoms with Crippen molar-refractivity contribution in [2.75, 3.05) is 0 Å². The Bertz CT molecular complexity index is 413. The van der Waals surface area contributed by atoms with Crippen molar-refractivity contribution in [2.24, 2.45) is 0 Å². The number of nitrogens with zero attached hydrogens (tertiary/aromatic N) is 3. The summed E-state index contributed by atoms with van der Waals surface area (Å²) in [5.74, 6) is 0. The van der Waals surface area contributed by atoms with E-state index < -0.39 is 0 Å². The lowest BCUT2D eigenvalue weighted by molar-refractivity contribution is 0.749. The first-order valence-corrected chi connectivity index (χ1v) is 4.76. The number of aromatic nitrogens is 3. The van der Waals surface area contributed by atoms with Gasteiger partial charge in [0.1, 0.15) is 0 Å². The van der Waals surface area contributed by atoms with Crippen LogP contribution in [0.1, 0.15) is 0 Å². The third kappa shape index (κ3) is 1.73. The maximum atomic E-state index is 5.80. The highest BCUT2D eigenvalue weighted by molar-refractivity contribution is 9.10. The van der Waals surface area contributed by atoms with E-state index in [4.69, 9.17) is 11.6 Å². The lowest BCUT2D eigenvalue weighted by Gasteiger charge is -2.02. The molecule has 2 aromatic rings. The molecule has 2 rings (SSSR count). The van der Waals surface area contributed by atoms with Gasteiger partial charge in [0.05, 0.1) is 18.1 Å². The smallest absolute Gasteiger partial charge is 0.0999 e. The molecule has 0 aliphatic rings. The molecule has 0 spiro atoms. The summed E-state index contributed by atoms with van der Waals surface area (Å²) < 4.78 is 0.871. The van der Waals surface area contributed by atoms with Gasteiger partial charge in [-0.2, -0.15) is 15.0 Å². The Labute approximate surface area is 88.5 Å². The zero-order valence-electron chi connectivity index (χ0n) is 6.48. The number of hydrogen-bond acceptors (Lipinski definition) is 2. The lowest BCUT2D eigenvalue weighted by Crippen LogP contribution is -1.98. The zero-order chi connectivity index (χ0) is 9.26. The minimum Gasteiger partial charge on any atom is -0.157 e. The molecule has 0 fully saturated rings. The summed E-state index contributed by atoms with van der Waals surface area (Å²) in [6, 6.07) is 5.46. The van der Waals surface area contributed by atoms with Crippen LogP contribution >= 0.6 is 27.5 Å². The molecule has 1 aromatic heterocycles. The van der Waals surface area contributed by atoms with Crippen LogP contribution in [0.2, 0.25) is 5.02 Å². The molecule has 0 aliphatic carbocycles. The molecular weight excluding hydrogens is 253 g/mol. The molecule has 0 saturated heterocycles. The van der Waals surface area contributed by atoms with Gasteiger partial charge in [-0.05, 0) is 34.1 Å². The minimum absolute atomic E-state index is 0.683. The number of rotatable bonds is 1. The SMILES string of the molecule is Clc1ccc(-n2nccn2)c(Br)c1. The topological polar surface area (TPSA) is 30.7 Å². The van der Waals surface area contributed by atoms with Gasteiger partial charge < -0.3 is 0 Å². The Morgan fingerprint density at radius 2 is 1.92 bits per heavy atom. The van der Waals surface area contributed by atoms with Crippen molar-refractivity contribution in [1.82, 2.24) is 15.0 Å². The molecule has 5 heteroatoms. The molecule has 0 bridgehead atoms. The van der Waals surface area contributed by atoms with E-state index in [0.29, 0.717) is 5.02 Å². The van der Waals surface area contributed by atoms with Crippen LogP contribution in [-0.2, 0) is 0 Å². The molecule has 0 aliphatic heterocycles. The Morgan fingerprint density at radius 1 is 1.23 bits per heavy atom. The summed E-state index contributed by atoms with van der Waals surface area (Å²) in [4.78, 5) is 1.53. The highest BCUT2D eigenvalue weighted by atomic mass is 79.9. The molecule has 66 valence electrons. The minimum atomic E-state index is 0.683. The first kappa shape index (κ1) is 8.72. The van der Waals surface area contributed by atoms with Gasteiger partial charge in [-0.25, -0.2) is 0 Å². The first-order valence-electron chi connectivity index (χ1n) is 3.59. The highest BCUT2D eigenvalue weighted by Crippen LogP contribution is 2.23. The summed E-state index contributed by atoms with van der Waals surface area (Å²) in [7, 11) is 0. The van der Waals surface area contributed by atoms with Crippen LogP contribution in [0.3, 0.4) is 0 Å². The van der Waals surface area contributed by atoms with E-state index in [1.165, 1.54) is 4.80 Å². The van der Waals surface area contributed by atoms with Crippen molar-refractivity contribution < 1.29 is 0 Å². The zero-order valence-corrected chi connectivity index (χ0v) is 8.83. The van der Waals surface area contributed by atoms with Crippen molar-refractivity contribution in [3.8, 4) is 5.69 Å². The molecule has 0 atom stereocenters. The second kappa shape index (κ2) is 3.47. The molecule has 0 N–H and O–H groups in total. The third-order valence-electron chi connectivity index (χ3n) is 1.54. The first-order chi connectivity index (χ1) is 6.27. The predicted octanol–water partition coefficient (Wildman–Crippen LogP) is 2.68. The summed E-state index contributed by atoms with van der Waals surface area (Å²) in [5.41, 5.74) is 0.870. The fourth-order valence-electron chi connectivity index (χ4n) is 0.984. The fraction of sp³-hybridized carbons (Fsp3) is 0. The number of benzene rings is 1. The standard InChI is InChI=1S/C8H5BrClN3/c9-7-5-6(10)1-2-8(7)13-11-3-4-12-13/h1-5H. The van der Waals surface area contributed by atoms with Gasteiger partial charge >= 0.3 is 0 Å². The van der Waals surface area contributed by atoms with E-state index in [1.807, 2.05) is 6.07 Å². The maximum absolute atomic E-state index is 5.80. The molecule has 1 heterocycles. The maximum Gasteiger partial charge on any atom is 0.0999 e.